The molecule has 0 aliphatic rings. The fourth-order valence-corrected chi connectivity index (χ4v) is 1.97. The van der Waals surface area contributed by atoms with Crippen molar-refractivity contribution in [3.05, 3.63) is 69.0 Å². The number of hydrogen-bond donors (Lipinski definition) is 1. The van der Waals surface area contributed by atoms with Crippen LogP contribution < -0.4 is 5.32 Å². The summed E-state index contributed by atoms with van der Waals surface area (Å²) in [6, 6.07) is 9.73. The number of rotatable bonds is 4. The summed E-state index contributed by atoms with van der Waals surface area (Å²) in [5, 5.41) is 13.9. The van der Waals surface area contributed by atoms with Crippen molar-refractivity contribution < 1.29 is 9.31 Å². The molecule has 0 spiro atoms. The van der Waals surface area contributed by atoms with Gasteiger partial charge in [0.2, 0.25) is 0 Å². The Morgan fingerprint density at radius 2 is 1.80 bits per heavy atom. The van der Waals surface area contributed by atoms with Gasteiger partial charge in [-0.25, -0.2) is 4.39 Å². The molecule has 0 atom stereocenters. The third-order valence-electron chi connectivity index (χ3n) is 3.02. The van der Waals surface area contributed by atoms with Gasteiger partial charge in [0.15, 0.2) is 0 Å². The van der Waals surface area contributed by atoms with Crippen molar-refractivity contribution in [1.29, 1.82) is 0 Å². The average molecular weight is 274 g/mol. The van der Waals surface area contributed by atoms with Crippen LogP contribution in [0.15, 0.2) is 36.4 Å². The normalized spacial score (nSPS) is 10.3. The second kappa shape index (κ2) is 5.69. The van der Waals surface area contributed by atoms with E-state index in [4.69, 9.17) is 0 Å². The van der Waals surface area contributed by atoms with E-state index in [1.54, 1.807) is 31.2 Å². The fraction of sp³-hybridized carbons (Fsp3) is 0.200. The summed E-state index contributed by atoms with van der Waals surface area (Å²) in [4.78, 5) is 10.6. The van der Waals surface area contributed by atoms with Gasteiger partial charge in [-0.3, -0.25) is 10.1 Å². The Hall–Kier alpha value is -2.43. The van der Waals surface area contributed by atoms with Crippen LogP contribution in [0.1, 0.15) is 16.7 Å². The molecule has 1 N–H and O–H groups in total. The van der Waals surface area contributed by atoms with Gasteiger partial charge in [-0.1, -0.05) is 23.8 Å². The Balaban J connectivity index is 2.23. The molecule has 0 aliphatic heterocycles. The van der Waals surface area contributed by atoms with Crippen molar-refractivity contribution in [2.75, 3.05) is 5.32 Å². The van der Waals surface area contributed by atoms with Gasteiger partial charge in [-0.15, -0.1) is 0 Å². The number of aryl methyl sites for hydroxylation is 2. The van der Waals surface area contributed by atoms with E-state index in [1.165, 1.54) is 12.1 Å². The molecule has 104 valence electrons. The molecular formula is C15H15FN2O2. The van der Waals surface area contributed by atoms with E-state index in [2.05, 4.69) is 5.32 Å². The molecule has 0 aromatic heterocycles. The number of benzene rings is 2. The number of nitrogens with one attached hydrogen (secondary N) is 1. The van der Waals surface area contributed by atoms with E-state index in [0.29, 0.717) is 11.3 Å². The van der Waals surface area contributed by atoms with Gasteiger partial charge in [0.1, 0.15) is 11.5 Å². The Labute approximate surface area is 116 Å². The Kier molecular flexibility index (Phi) is 3.98. The molecule has 0 fully saturated rings. The third-order valence-corrected chi connectivity index (χ3v) is 3.02. The Bertz CT molecular complexity index is 656. The highest BCUT2D eigenvalue weighted by molar-refractivity contribution is 5.62. The number of nitrogens with zero attached hydrogens (tertiary/aromatic N) is 1. The van der Waals surface area contributed by atoms with Gasteiger partial charge >= 0.3 is 0 Å². The lowest BCUT2D eigenvalue weighted by Crippen LogP contribution is -2.04. The highest BCUT2D eigenvalue weighted by Gasteiger charge is 2.13. The maximum absolute atomic E-state index is 13.6. The number of anilines is 1. The largest absolute Gasteiger partial charge is 0.375 e. The minimum absolute atomic E-state index is 0.00180. The molecule has 2 aromatic rings. The first-order valence-electron chi connectivity index (χ1n) is 6.21. The van der Waals surface area contributed by atoms with Crippen LogP contribution in [-0.4, -0.2) is 4.92 Å². The molecule has 0 bridgehead atoms. The topological polar surface area (TPSA) is 55.2 Å². The molecule has 20 heavy (non-hydrogen) atoms. The van der Waals surface area contributed by atoms with Gasteiger partial charge in [0, 0.05) is 18.2 Å². The second-order valence-electron chi connectivity index (χ2n) is 4.73. The third kappa shape index (κ3) is 3.12. The summed E-state index contributed by atoms with van der Waals surface area (Å²) in [5.41, 5.74) is 2.63. The SMILES string of the molecule is Cc1ccc(F)c(CNc2ccc(C)cc2[N+](=O)[O-])c1. The zero-order chi connectivity index (χ0) is 14.7. The summed E-state index contributed by atoms with van der Waals surface area (Å²) in [5.74, 6) is -0.321. The number of halogens is 1. The summed E-state index contributed by atoms with van der Waals surface area (Å²) in [7, 11) is 0. The molecule has 5 heteroatoms. The molecule has 2 rings (SSSR count). The lowest BCUT2D eigenvalue weighted by molar-refractivity contribution is -0.384. The quantitative estimate of drug-likeness (QED) is 0.678. The van der Waals surface area contributed by atoms with E-state index >= 15 is 0 Å². The number of nitro groups is 1. The first-order valence-corrected chi connectivity index (χ1v) is 6.21. The minimum Gasteiger partial charge on any atom is -0.375 e. The van der Waals surface area contributed by atoms with Crippen molar-refractivity contribution in [3.63, 3.8) is 0 Å². The van der Waals surface area contributed by atoms with E-state index in [9.17, 15) is 14.5 Å². The van der Waals surface area contributed by atoms with Crippen LogP contribution in [0.5, 0.6) is 0 Å². The van der Waals surface area contributed by atoms with E-state index in [1.807, 2.05) is 6.92 Å². The van der Waals surface area contributed by atoms with E-state index < -0.39 is 4.92 Å². The van der Waals surface area contributed by atoms with Crippen molar-refractivity contribution in [1.82, 2.24) is 0 Å². The second-order valence-corrected chi connectivity index (χ2v) is 4.73. The summed E-state index contributed by atoms with van der Waals surface area (Å²) in [6.45, 7) is 3.87. The highest BCUT2D eigenvalue weighted by Crippen LogP contribution is 2.26. The zero-order valence-electron chi connectivity index (χ0n) is 11.3. The smallest absolute Gasteiger partial charge is 0.292 e. The van der Waals surface area contributed by atoms with E-state index in [0.717, 1.165) is 11.1 Å². The molecule has 2 aromatic carbocycles. The lowest BCUT2D eigenvalue weighted by atomic mass is 10.1. The van der Waals surface area contributed by atoms with Crippen LogP contribution in [0, 0.1) is 29.8 Å². The maximum atomic E-state index is 13.6. The first-order chi connectivity index (χ1) is 9.47. The van der Waals surface area contributed by atoms with Gasteiger partial charge < -0.3 is 5.32 Å². The summed E-state index contributed by atoms with van der Waals surface area (Å²) in [6.07, 6.45) is 0. The number of hydrogen-bond acceptors (Lipinski definition) is 3. The monoisotopic (exact) mass is 274 g/mol. The molecule has 0 unspecified atom stereocenters. The molecule has 4 nitrogen and oxygen atoms in total. The van der Waals surface area contributed by atoms with Crippen molar-refractivity contribution >= 4 is 11.4 Å². The minimum atomic E-state index is -0.443. The molecule has 0 saturated carbocycles. The Morgan fingerprint density at radius 3 is 2.50 bits per heavy atom. The van der Waals surface area contributed by atoms with Crippen LogP contribution in [0.3, 0.4) is 0 Å². The maximum Gasteiger partial charge on any atom is 0.292 e. The Morgan fingerprint density at radius 1 is 1.15 bits per heavy atom. The van der Waals surface area contributed by atoms with Crippen LogP contribution in [0.2, 0.25) is 0 Å². The van der Waals surface area contributed by atoms with Gasteiger partial charge in [-0.2, -0.15) is 0 Å². The summed E-state index contributed by atoms with van der Waals surface area (Å²) < 4.78 is 13.6. The average Bonchev–Trinajstić information content (AvgIpc) is 2.40. The van der Waals surface area contributed by atoms with Crippen molar-refractivity contribution in [3.8, 4) is 0 Å². The lowest BCUT2D eigenvalue weighted by Gasteiger charge is -2.09. The molecule has 0 heterocycles. The van der Waals surface area contributed by atoms with Crippen LogP contribution in [0.25, 0.3) is 0 Å². The van der Waals surface area contributed by atoms with Crippen molar-refractivity contribution in [2.45, 2.75) is 20.4 Å². The predicted molar refractivity (Wildman–Crippen MR) is 76.3 cm³/mol. The van der Waals surface area contributed by atoms with Crippen LogP contribution in [-0.2, 0) is 6.54 Å². The molecule has 0 radical (unpaired) electrons. The predicted octanol–water partition coefficient (Wildman–Crippen LogP) is 3.96. The molecule has 0 aliphatic carbocycles. The van der Waals surface area contributed by atoms with Gasteiger partial charge in [0.25, 0.3) is 5.69 Å². The van der Waals surface area contributed by atoms with Crippen molar-refractivity contribution in [2.24, 2.45) is 0 Å². The highest BCUT2D eigenvalue weighted by atomic mass is 19.1. The molecule has 0 saturated heterocycles. The fourth-order valence-electron chi connectivity index (χ4n) is 1.97. The van der Waals surface area contributed by atoms with Gasteiger partial charge in [0.05, 0.1) is 4.92 Å². The van der Waals surface area contributed by atoms with E-state index in [-0.39, 0.29) is 18.0 Å². The first kappa shape index (κ1) is 14.0. The number of nitro benzene ring substituents is 1. The molecule has 0 amide bonds. The molecular weight excluding hydrogens is 259 g/mol. The zero-order valence-corrected chi connectivity index (χ0v) is 11.3. The standard InChI is InChI=1S/C15H15FN2O2/c1-10-3-5-13(16)12(7-10)9-17-14-6-4-11(2)8-15(14)18(19)20/h3-8,17H,9H2,1-2H3. The summed E-state index contributed by atoms with van der Waals surface area (Å²) >= 11 is 0. The van der Waals surface area contributed by atoms with Gasteiger partial charge in [-0.05, 0) is 31.5 Å². The van der Waals surface area contributed by atoms with Crippen LogP contribution in [0.4, 0.5) is 15.8 Å². The van der Waals surface area contributed by atoms with Crippen LogP contribution >= 0.6 is 0 Å².